The molecule has 0 amide bonds. The van der Waals surface area contributed by atoms with Gasteiger partial charge in [-0.1, -0.05) is 24.6 Å². The van der Waals surface area contributed by atoms with Crippen LogP contribution in [0.15, 0.2) is 18.2 Å². The van der Waals surface area contributed by atoms with E-state index in [0.29, 0.717) is 6.04 Å². The van der Waals surface area contributed by atoms with Gasteiger partial charge in [0.15, 0.2) is 11.6 Å². The molecule has 0 saturated heterocycles. The Morgan fingerprint density at radius 3 is 2.94 bits per heavy atom. The lowest BCUT2D eigenvalue weighted by atomic mass is 10.2. The van der Waals surface area contributed by atoms with E-state index < -0.39 is 5.82 Å². The van der Waals surface area contributed by atoms with E-state index in [1.165, 1.54) is 18.9 Å². The molecular weight excluding hydrogens is 241 g/mol. The van der Waals surface area contributed by atoms with Gasteiger partial charge >= 0.3 is 0 Å². The molecule has 1 fully saturated rings. The molecule has 1 aliphatic carbocycles. The Hall–Kier alpha value is -0.800. The smallest absolute Gasteiger partial charge is 0.183 e. The molecule has 0 radical (unpaired) electrons. The van der Waals surface area contributed by atoms with Crippen molar-refractivity contribution in [1.82, 2.24) is 5.32 Å². The molecule has 1 aliphatic rings. The highest BCUT2D eigenvalue weighted by atomic mass is 35.5. The molecule has 2 nitrogen and oxygen atoms in total. The summed E-state index contributed by atoms with van der Waals surface area (Å²) in [4.78, 5) is 0. The molecule has 1 saturated carbocycles. The third-order valence-electron chi connectivity index (χ3n) is 2.88. The van der Waals surface area contributed by atoms with Gasteiger partial charge in [-0.15, -0.1) is 0 Å². The van der Waals surface area contributed by atoms with Crippen LogP contribution in [0.1, 0.15) is 26.2 Å². The standard InChI is InChI=1S/C13H17ClFNO/c1-2-10(8-16-9-6-7-9)17-12-5-3-4-11(14)13(12)15/h3-5,9-10,16H,2,6-8H2,1H3. The van der Waals surface area contributed by atoms with Crippen LogP contribution in [0.4, 0.5) is 4.39 Å². The zero-order valence-corrected chi connectivity index (χ0v) is 10.6. The van der Waals surface area contributed by atoms with Crippen LogP contribution in [0.25, 0.3) is 0 Å². The zero-order valence-electron chi connectivity index (χ0n) is 9.88. The third-order valence-corrected chi connectivity index (χ3v) is 3.17. The fourth-order valence-electron chi connectivity index (χ4n) is 1.61. The molecule has 1 N–H and O–H groups in total. The average Bonchev–Trinajstić information content (AvgIpc) is 3.13. The molecule has 0 bridgehead atoms. The monoisotopic (exact) mass is 257 g/mol. The lowest BCUT2D eigenvalue weighted by Gasteiger charge is -2.18. The molecule has 1 atom stereocenters. The van der Waals surface area contributed by atoms with Crippen molar-refractivity contribution in [2.24, 2.45) is 0 Å². The second-order valence-corrected chi connectivity index (χ2v) is 4.79. The van der Waals surface area contributed by atoms with Gasteiger partial charge in [-0.2, -0.15) is 0 Å². The van der Waals surface area contributed by atoms with Crippen molar-refractivity contribution in [3.05, 3.63) is 29.0 Å². The van der Waals surface area contributed by atoms with Gasteiger partial charge in [-0.05, 0) is 31.4 Å². The fourth-order valence-corrected chi connectivity index (χ4v) is 1.78. The van der Waals surface area contributed by atoms with Gasteiger partial charge < -0.3 is 10.1 Å². The van der Waals surface area contributed by atoms with Crippen LogP contribution in [0, 0.1) is 5.82 Å². The van der Waals surface area contributed by atoms with Crippen LogP contribution < -0.4 is 10.1 Å². The van der Waals surface area contributed by atoms with E-state index in [-0.39, 0.29) is 16.9 Å². The second kappa shape index (κ2) is 5.69. The van der Waals surface area contributed by atoms with Crippen molar-refractivity contribution in [1.29, 1.82) is 0 Å². The molecule has 94 valence electrons. The quantitative estimate of drug-likeness (QED) is 0.844. The first-order valence-electron chi connectivity index (χ1n) is 6.04. The highest BCUT2D eigenvalue weighted by Gasteiger charge is 2.22. The maximum atomic E-state index is 13.6. The van der Waals surface area contributed by atoms with Crippen LogP contribution >= 0.6 is 11.6 Å². The Kier molecular flexibility index (Phi) is 4.24. The van der Waals surface area contributed by atoms with Crippen LogP contribution in [0.3, 0.4) is 0 Å². The van der Waals surface area contributed by atoms with Crippen LogP contribution in [0.2, 0.25) is 5.02 Å². The summed E-state index contributed by atoms with van der Waals surface area (Å²) in [6.45, 7) is 2.79. The van der Waals surface area contributed by atoms with Gasteiger partial charge in [0.1, 0.15) is 6.10 Å². The van der Waals surface area contributed by atoms with Crippen LogP contribution in [-0.4, -0.2) is 18.7 Å². The Labute approximate surface area is 106 Å². The van der Waals surface area contributed by atoms with E-state index in [1.54, 1.807) is 12.1 Å². The second-order valence-electron chi connectivity index (χ2n) is 4.38. The third kappa shape index (κ3) is 3.58. The summed E-state index contributed by atoms with van der Waals surface area (Å²) in [5, 5.41) is 3.49. The van der Waals surface area contributed by atoms with Crippen molar-refractivity contribution in [2.75, 3.05) is 6.54 Å². The zero-order chi connectivity index (χ0) is 12.3. The number of hydrogen-bond donors (Lipinski definition) is 1. The number of rotatable bonds is 6. The van der Waals surface area contributed by atoms with E-state index in [9.17, 15) is 4.39 Å². The number of hydrogen-bond acceptors (Lipinski definition) is 2. The van der Waals surface area contributed by atoms with Crippen molar-refractivity contribution < 1.29 is 9.13 Å². The van der Waals surface area contributed by atoms with Gasteiger partial charge in [-0.3, -0.25) is 0 Å². The summed E-state index contributed by atoms with van der Waals surface area (Å²) in [5.74, 6) is -0.235. The molecule has 1 aromatic rings. The van der Waals surface area contributed by atoms with Crippen LogP contribution in [-0.2, 0) is 0 Å². The molecule has 1 aromatic carbocycles. The first-order chi connectivity index (χ1) is 8.20. The molecular formula is C13H17ClFNO. The SMILES string of the molecule is CCC(CNC1CC1)Oc1cccc(Cl)c1F. The average molecular weight is 258 g/mol. The van der Waals surface area contributed by atoms with E-state index in [0.717, 1.165) is 13.0 Å². The van der Waals surface area contributed by atoms with E-state index in [4.69, 9.17) is 16.3 Å². The van der Waals surface area contributed by atoms with Crippen LogP contribution in [0.5, 0.6) is 5.75 Å². The van der Waals surface area contributed by atoms with Crippen molar-refractivity contribution in [2.45, 2.75) is 38.3 Å². The summed E-state index contributed by atoms with van der Waals surface area (Å²) in [5.41, 5.74) is 0. The molecule has 17 heavy (non-hydrogen) atoms. The Morgan fingerprint density at radius 1 is 1.53 bits per heavy atom. The minimum absolute atomic E-state index is 0.0106. The first-order valence-corrected chi connectivity index (χ1v) is 6.42. The molecule has 0 heterocycles. The largest absolute Gasteiger partial charge is 0.486 e. The summed E-state index contributed by atoms with van der Waals surface area (Å²) in [7, 11) is 0. The molecule has 0 aromatic heterocycles. The number of nitrogens with one attached hydrogen (secondary N) is 1. The predicted molar refractivity (Wildman–Crippen MR) is 67.1 cm³/mol. The lowest BCUT2D eigenvalue weighted by molar-refractivity contribution is 0.185. The van der Waals surface area contributed by atoms with E-state index in [1.807, 2.05) is 6.92 Å². The lowest BCUT2D eigenvalue weighted by Crippen LogP contribution is -2.32. The summed E-state index contributed by atoms with van der Waals surface area (Å²) >= 11 is 5.71. The van der Waals surface area contributed by atoms with Gasteiger partial charge in [0.2, 0.25) is 0 Å². The normalized spacial score (nSPS) is 16.9. The number of ether oxygens (including phenoxy) is 1. The maximum absolute atomic E-state index is 13.6. The molecule has 4 heteroatoms. The van der Waals surface area contributed by atoms with Gasteiger partial charge in [0.25, 0.3) is 0 Å². The summed E-state index contributed by atoms with van der Waals surface area (Å²) < 4.78 is 19.3. The summed E-state index contributed by atoms with van der Waals surface area (Å²) in [6.07, 6.45) is 3.30. The maximum Gasteiger partial charge on any atom is 0.183 e. The van der Waals surface area contributed by atoms with Gasteiger partial charge in [0, 0.05) is 12.6 Å². The minimum atomic E-state index is -0.473. The first kappa shape index (κ1) is 12.7. The Bertz CT molecular complexity index is 382. The van der Waals surface area contributed by atoms with E-state index in [2.05, 4.69) is 5.32 Å². The molecule has 0 aliphatic heterocycles. The predicted octanol–water partition coefficient (Wildman–Crippen LogP) is 3.39. The van der Waals surface area contributed by atoms with Crippen molar-refractivity contribution in [3.8, 4) is 5.75 Å². The minimum Gasteiger partial charge on any atom is -0.486 e. The Morgan fingerprint density at radius 2 is 2.29 bits per heavy atom. The van der Waals surface area contributed by atoms with E-state index >= 15 is 0 Å². The molecule has 1 unspecified atom stereocenters. The van der Waals surface area contributed by atoms with Gasteiger partial charge in [-0.25, -0.2) is 4.39 Å². The topological polar surface area (TPSA) is 21.3 Å². The Balaban J connectivity index is 1.93. The van der Waals surface area contributed by atoms with Gasteiger partial charge in [0.05, 0.1) is 5.02 Å². The number of benzene rings is 1. The molecule has 0 spiro atoms. The summed E-state index contributed by atoms with van der Waals surface area (Å²) in [6, 6.07) is 5.47. The highest BCUT2D eigenvalue weighted by molar-refractivity contribution is 6.30. The molecule has 2 rings (SSSR count). The van der Waals surface area contributed by atoms with Crippen molar-refractivity contribution in [3.63, 3.8) is 0 Å². The highest BCUT2D eigenvalue weighted by Crippen LogP contribution is 2.25. The van der Waals surface area contributed by atoms with Crippen molar-refractivity contribution >= 4 is 11.6 Å². The fraction of sp³-hybridized carbons (Fsp3) is 0.538. The number of halogens is 2.